The number of carbonyl (C=O) groups is 2. The van der Waals surface area contributed by atoms with E-state index in [0.717, 1.165) is 24.0 Å². The highest BCUT2D eigenvalue weighted by Gasteiger charge is 2.69. The molecule has 7 atom stereocenters. The van der Waals surface area contributed by atoms with Gasteiger partial charge in [-0.15, -0.1) is 0 Å². The first-order valence-electron chi connectivity index (χ1n) is 9.21. The maximum atomic E-state index is 12.5. The second-order valence-electron chi connectivity index (χ2n) is 7.82. The van der Waals surface area contributed by atoms with E-state index < -0.39 is 29.6 Å². The van der Waals surface area contributed by atoms with Gasteiger partial charge in [0.15, 0.2) is 0 Å². The molecule has 0 amide bonds. The molecule has 5 nitrogen and oxygen atoms in total. The predicted molar refractivity (Wildman–Crippen MR) is 92.4 cm³/mol. The smallest absolute Gasteiger partial charge is 0.309 e. The van der Waals surface area contributed by atoms with Gasteiger partial charge >= 0.3 is 11.9 Å². The second kappa shape index (κ2) is 6.27. The summed E-state index contributed by atoms with van der Waals surface area (Å²) in [5.41, 5.74) is 0.270. The molecule has 138 valence electrons. The minimum Gasteiger partial charge on any atom is -0.461 e. The summed E-state index contributed by atoms with van der Waals surface area (Å²) in [5, 5.41) is 11.7. The van der Waals surface area contributed by atoms with Crippen molar-refractivity contribution in [3.63, 3.8) is 0 Å². The molecule has 0 bridgehead atoms. The Labute approximate surface area is 149 Å². The van der Waals surface area contributed by atoms with Crippen molar-refractivity contribution in [2.45, 2.75) is 64.8 Å². The van der Waals surface area contributed by atoms with Crippen molar-refractivity contribution in [1.29, 1.82) is 0 Å². The van der Waals surface area contributed by atoms with Crippen LogP contribution in [0.2, 0.25) is 0 Å². The van der Waals surface area contributed by atoms with Crippen LogP contribution in [0.1, 0.15) is 47.0 Å². The standard InChI is InChI=1S/C20H28O5/c1-6-10(2)18(21)25-17-14-13(5)19(22)24-16(14)15-11(3)8-7-9-12(4)20(15,17)23/h9-10,13-17,23H,3,6-8H2,1-2,4-5H3/t10-,13+,14-,15-,16+,17+,20-/m0/s1. The maximum Gasteiger partial charge on any atom is 0.309 e. The molecule has 0 aromatic heterocycles. The lowest BCUT2D eigenvalue weighted by Gasteiger charge is -2.37. The molecule has 0 unspecified atom stereocenters. The van der Waals surface area contributed by atoms with Crippen molar-refractivity contribution >= 4 is 11.9 Å². The summed E-state index contributed by atoms with van der Waals surface area (Å²) >= 11 is 0. The van der Waals surface area contributed by atoms with Gasteiger partial charge in [0.2, 0.25) is 0 Å². The van der Waals surface area contributed by atoms with E-state index in [1.54, 1.807) is 6.92 Å². The number of ether oxygens (including phenoxy) is 2. The van der Waals surface area contributed by atoms with Crippen LogP contribution in [-0.2, 0) is 19.1 Å². The zero-order chi connectivity index (χ0) is 18.5. The summed E-state index contributed by atoms with van der Waals surface area (Å²) in [6.07, 6.45) is 2.87. The van der Waals surface area contributed by atoms with Crippen molar-refractivity contribution in [2.24, 2.45) is 23.7 Å². The number of esters is 2. The van der Waals surface area contributed by atoms with Crippen LogP contribution in [0, 0.1) is 23.7 Å². The van der Waals surface area contributed by atoms with E-state index in [4.69, 9.17) is 9.47 Å². The summed E-state index contributed by atoms with van der Waals surface area (Å²) in [6.45, 7) is 11.5. The van der Waals surface area contributed by atoms with Crippen LogP contribution >= 0.6 is 0 Å². The monoisotopic (exact) mass is 348 g/mol. The average Bonchev–Trinajstić information content (AvgIpc) is 2.94. The number of hydrogen-bond donors (Lipinski definition) is 1. The molecule has 1 aliphatic heterocycles. The van der Waals surface area contributed by atoms with Gasteiger partial charge in [0, 0.05) is 0 Å². The third kappa shape index (κ3) is 2.55. The molecule has 0 radical (unpaired) electrons. The van der Waals surface area contributed by atoms with Crippen molar-refractivity contribution in [1.82, 2.24) is 0 Å². The zero-order valence-electron chi connectivity index (χ0n) is 15.5. The Balaban J connectivity index is 2.06. The molecular weight excluding hydrogens is 320 g/mol. The van der Waals surface area contributed by atoms with Crippen molar-refractivity contribution in [3.8, 4) is 0 Å². The highest BCUT2D eigenvalue weighted by atomic mass is 16.6. The topological polar surface area (TPSA) is 72.8 Å². The van der Waals surface area contributed by atoms with Crippen LogP contribution in [0.4, 0.5) is 0 Å². The summed E-state index contributed by atoms with van der Waals surface area (Å²) in [7, 11) is 0. The fraction of sp³-hybridized carbons (Fsp3) is 0.700. The number of hydrogen-bond acceptors (Lipinski definition) is 5. The molecule has 5 heteroatoms. The minimum absolute atomic E-state index is 0.257. The third-order valence-electron chi connectivity index (χ3n) is 6.41. The molecule has 25 heavy (non-hydrogen) atoms. The average molecular weight is 348 g/mol. The van der Waals surface area contributed by atoms with Crippen molar-refractivity contribution in [3.05, 3.63) is 23.8 Å². The second-order valence-corrected chi connectivity index (χ2v) is 7.82. The van der Waals surface area contributed by atoms with Gasteiger partial charge in [-0.25, -0.2) is 0 Å². The SMILES string of the molecule is C=C1CCC=C(C)[C@@]2(O)[C@H](OC(=O)[C@@H](C)CC)[C@@H]3[C@@H](OC(=O)[C@@H]3C)[C@H]12. The van der Waals surface area contributed by atoms with Gasteiger partial charge in [0.05, 0.1) is 23.7 Å². The van der Waals surface area contributed by atoms with Gasteiger partial charge in [0.1, 0.15) is 17.8 Å². The molecule has 0 aromatic carbocycles. The zero-order valence-corrected chi connectivity index (χ0v) is 15.5. The fourth-order valence-electron chi connectivity index (χ4n) is 4.59. The molecule has 1 heterocycles. The van der Waals surface area contributed by atoms with Crippen LogP contribution in [0.5, 0.6) is 0 Å². The van der Waals surface area contributed by atoms with E-state index in [-0.39, 0.29) is 23.8 Å². The Bertz CT molecular complexity index is 636. The first-order chi connectivity index (χ1) is 11.7. The highest BCUT2D eigenvalue weighted by Crippen LogP contribution is 2.56. The van der Waals surface area contributed by atoms with Crippen LogP contribution in [0.25, 0.3) is 0 Å². The van der Waals surface area contributed by atoms with Crippen LogP contribution in [0.3, 0.4) is 0 Å². The fourth-order valence-corrected chi connectivity index (χ4v) is 4.59. The van der Waals surface area contributed by atoms with Crippen LogP contribution in [-0.4, -0.2) is 34.9 Å². The van der Waals surface area contributed by atoms with E-state index >= 15 is 0 Å². The Morgan fingerprint density at radius 2 is 2.24 bits per heavy atom. The third-order valence-corrected chi connectivity index (χ3v) is 6.41. The van der Waals surface area contributed by atoms with E-state index in [9.17, 15) is 14.7 Å². The Morgan fingerprint density at radius 1 is 1.56 bits per heavy atom. The maximum absolute atomic E-state index is 12.5. The number of carbonyl (C=O) groups excluding carboxylic acids is 2. The molecule has 3 aliphatic rings. The van der Waals surface area contributed by atoms with Crippen LogP contribution < -0.4 is 0 Å². The minimum atomic E-state index is -1.36. The van der Waals surface area contributed by atoms with Gasteiger partial charge in [-0.3, -0.25) is 9.59 Å². The largest absolute Gasteiger partial charge is 0.461 e. The number of fused-ring (bicyclic) bond motifs is 3. The molecule has 1 saturated carbocycles. The lowest BCUT2D eigenvalue weighted by atomic mass is 9.79. The quantitative estimate of drug-likeness (QED) is 0.627. The van der Waals surface area contributed by atoms with Gasteiger partial charge in [0.25, 0.3) is 0 Å². The summed E-state index contributed by atoms with van der Waals surface area (Å²) in [4.78, 5) is 24.7. The number of aliphatic hydroxyl groups is 1. The number of rotatable bonds is 3. The van der Waals surface area contributed by atoms with Crippen molar-refractivity contribution in [2.75, 3.05) is 0 Å². The Morgan fingerprint density at radius 3 is 2.88 bits per heavy atom. The summed E-state index contributed by atoms with van der Waals surface area (Å²) in [5.74, 6) is -2.09. The van der Waals surface area contributed by atoms with E-state index in [2.05, 4.69) is 6.58 Å². The van der Waals surface area contributed by atoms with E-state index in [1.165, 1.54) is 0 Å². The van der Waals surface area contributed by atoms with Crippen LogP contribution in [0.15, 0.2) is 23.8 Å². The Hall–Kier alpha value is -1.62. The van der Waals surface area contributed by atoms with E-state index in [0.29, 0.717) is 6.42 Å². The lowest BCUT2D eigenvalue weighted by molar-refractivity contribution is -0.170. The molecule has 2 fully saturated rings. The lowest BCUT2D eigenvalue weighted by Crippen LogP contribution is -2.50. The molecule has 3 rings (SSSR count). The molecule has 2 aliphatic carbocycles. The molecule has 1 N–H and O–H groups in total. The van der Waals surface area contributed by atoms with Gasteiger partial charge in [-0.2, -0.15) is 0 Å². The first-order valence-corrected chi connectivity index (χ1v) is 9.21. The Kier molecular flexibility index (Phi) is 4.56. The summed E-state index contributed by atoms with van der Waals surface area (Å²) < 4.78 is 11.5. The van der Waals surface area contributed by atoms with Gasteiger partial charge in [-0.05, 0) is 31.8 Å². The predicted octanol–water partition coefficient (Wildman–Crippen LogP) is 2.78. The summed E-state index contributed by atoms with van der Waals surface area (Å²) in [6, 6.07) is 0. The molecule has 0 aromatic rings. The van der Waals surface area contributed by atoms with Gasteiger partial charge in [-0.1, -0.05) is 39.0 Å². The number of allylic oxidation sites excluding steroid dienone is 1. The van der Waals surface area contributed by atoms with Gasteiger partial charge < -0.3 is 14.6 Å². The normalized spacial score (nSPS) is 41.3. The molecule has 0 spiro atoms. The molecule has 1 saturated heterocycles. The van der Waals surface area contributed by atoms with Crippen molar-refractivity contribution < 1.29 is 24.2 Å². The van der Waals surface area contributed by atoms with E-state index in [1.807, 2.05) is 26.8 Å². The highest BCUT2D eigenvalue weighted by molar-refractivity contribution is 5.77. The molecular formula is C20H28O5. The first kappa shape index (κ1) is 18.2.